The van der Waals surface area contributed by atoms with Gasteiger partial charge in [-0.1, -0.05) is 6.92 Å². The fraction of sp³-hybridized carbons (Fsp3) is 0.929. The van der Waals surface area contributed by atoms with Crippen LogP contribution >= 0.6 is 24.0 Å². The molecule has 1 aliphatic rings. The number of halogens is 1. The van der Waals surface area contributed by atoms with Crippen molar-refractivity contribution in [2.24, 2.45) is 16.6 Å². The van der Waals surface area contributed by atoms with Crippen molar-refractivity contribution in [2.45, 2.75) is 40.0 Å². The average molecular weight is 382 g/mol. The van der Waals surface area contributed by atoms with Crippen LogP contribution in [0.1, 0.15) is 40.0 Å². The summed E-state index contributed by atoms with van der Waals surface area (Å²) in [6.07, 6.45) is 3.81. The zero-order chi connectivity index (χ0) is 13.4. The molecular formula is C14H31IN4. The number of aliphatic imine (C=N–C) groups is 1. The van der Waals surface area contributed by atoms with E-state index >= 15 is 0 Å². The van der Waals surface area contributed by atoms with E-state index in [4.69, 9.17) is 5.73 Å². The number of hydrogen-bond donors (Lipinski definition) is 1. The van der Waals surface area contributed by atoms with Crippen LogP contribution in [0.4, 0.5) is 0 Å². The van der Waals surface area contributed by atoms with Crippen LogP contribution in [0.25, 0.3) is 0 Å². The zero-order valence-corrected chi connectivity index (χ0v) is 15.1. The van der Waals surface area contributed by atoms with Gasteiger partial charge in [0, 0.05) is 19.6 Å². The number of hydrogen-bond acceptors (Lipinski definition) is 2. The Hall–Kier alpha value is -0.0400. The highest BCUT2D eigenvalue weighted by Gasteiger charge is 2.18. The lowest BCUT2D eigenvalue weighted by Crippen LogP contribution is -2.38. The van der Waals surface area contributed by atoms with E-state index in [1.165, 1.54) is 38.9 Å². The highest BCUT2D eigenvalue weighted by atomic mass is 127. The lowest BCUT2D eigenvalue weighted by molar-refractivity contribution is 0.188. The molecule has 1 rings (SSSR count). The maximum absolute atomic E-state index is 6.00. The molecule has 0 amide bonds. The van der Waals surface area contributed by atoms with Crippen LogP contribution in [0.15, 0.2) is 4.99 Å². The second kappa shape index (κ2) is 10.7. The Bertz CT molecular complexity index is 246. The predicted octanol–water partition coefficient (Wildman–Crippen LogP) is 2.38. The molecule has 2 N–H and O–H groups in total. The van der Waals surface area contributed by atoms with E-state index in [2.05, 4.69) is 35.6 Å². The fourth-order valence-corrected chi connectivity index (χ4v) is 2.58. The number of piperidine rings is 1. The Morgan fingerprint density at radius 2 is 1.79 bits per heavy atom. The van der Waals surface area contributed by atoms with Gasteiger partial charge in [-0.25, -0.2) is 0 Å². The van der Waals surface area contributed by atoms with E-state index in [0.717, 1.165) is 31.5 Å². The lowest BCUT2D eigenvalue weighted by atomic mass is 9.97. The summed E-state index contributed by atoms with van der Waals surface area (Å²) in [4.78, 5) is 9.24. The van der Waals surface area contributed by atoms with Gasteiger partial charge in [0.05, 0.1) is 0 Å². The first-order chi connectivity index (χ1) is 8.71. The maximum atomic E-state index is 6.00. The van der Waals surface area contributed by atoms with Gasteiger partial charge in [-0.15, -0.1) is 24.0 Å². The number of nitrogens with two attached hydrogens (primary N) is 1. The maximum Gasteiger partial charge on any atom is 0.191 e. The summed E-state index contributed by atoms with van der Waals surface area (Å²) >= 11 is 0. The monoisotopic (exact) mass is 382 g/mol. The zero-order valence-electron chi connectivity index (χ0n) is 12.8. The van der Waals surface area contributed by atoms with Gasteiger partial charge in [0.25, 0.3) is 0 Å². The number of guanidine groups is 1. The Morgan fingerprint density at radius 3 is 2.26 bits per heavy atom. The molecule has 0 aromatic heterocycles. The van der Waals surface area contributed by atoms with Gasteiger partial charge in [0.1, 0.15) is 0 Å². The summed E-state index contributed by atoms with van der Waals surface area (Å²) in [5.41, 5.74) is 6.00. The average Bonchev–Trinajstić information content (AvgIpc) is 2.40. The van der Waals surface area contributed by atoms with Crippen LogP contribution < -0.4 is 5.73 Å². The van der Waals surface area contributed by atoms with Crippen LogP contribution in [0.5, 0.6) is 0 Å². The molecule has 0 bridgehead atoms. The first-order valence-corrected chi connectivity index (χ1v) is 7.48. The van der Waals surface area contributed by atoms with E-state index < -0.39 is 0 Å². The Labute approximate surface area is 135 Å². The highest BCUT2D eigenvalue weighted by molar-refractivity contribution is 14.0. The Morgan fingerprint density at radius 1 is 1.21 bits per heavy atom. The SMILES string of the molecule is CCCN1CCC(CN=C(N)N(CC)CC)CC1.I. The van der Waals surface area contributed by atoms with Gasteiger partial charge in [-0.05, 0) is 58.7 Å². The standard InChI is InChI=1S/C14H30N4.HI/c1-4-9-17-10-7-13(8-11-17)12-16-14(15)18(5-2)6-3;/h13H,4-12H2,1-3H3,(H2,15,16);1H. The molecule has 1 heterocycles. The molecule has 1 saturated heterocycles. The smallest absolute Gasteiger partial charge is 0.191 e. The fourth-order valence-electron chi connectivity index (χ4n) is 2.58. The molecule has 0 aliphatic carbocycles. The minimum Gasteiger partial charge on any atom is -0.370 e. The lowest BCUT2D eigenvalue weighted by Gasteiger charge is -2.31. The van der Waals surface area contributed by atoms with Crippen LogP contribution in [-0.2, 0) is 0 Å². The summed E-state index contributed by atoms with van der Waals surface area (Å²) in [5.74, 6) is 1.45. The normalized spacial score (nSPS) is 18.2. The minimum absolute atomic E-state index is 0. The molecular weight excluding hydrogens is 351 g/mol. The van der Waals surface area contributed by atoms with Crippen molar-refractivity contribution in [1.29, 1.82) is 0 Å². The first kappa shape index (κ1) is 19.0. The number of rotatable bonds is 6. The molecule has 5 heteroatoms. The van der Waals surface area contributed by atoms with Gasteiger partial charge in [-0.3, -0.25) is 4.99 Å². The third kappa shape index (κ3) is 6.79. The summed E-state index contributed by atoms with van der Waals surface area (Å²) < 4.78 is 0. The topological polar surface area (TPSA) is 44.9 Å². The van der Waals surface area contributed by atoms with Crippen molar-refractivity contribution < 1.29 is 0 Å². The Balaban J connectivity index is 0.00000324. The van der Waals surface area contributed by atoms with Gasteiger partial charge >= 0.3 is 0 Å². The van der Waals surface area contributed by atoms with E-state index in [1.807, 2.05) is 0 Å². The minimum atomic E-state index is 0. The quantitative estimate of drug-likeness (QED) is 0.436. The molecule has 0 aromatic rings. The van der Waals surface area contributed by atoms with Gasteiger partial charge < -0.3 is 15.5 Å². The van der Waals surface area contributed by atoms with Gasteiger partial charge in [0.2, 0.25) is 0 Å². The molecule has 1 fully saturated rings. The molecule has 19 heavy (non-hydrogen) atoms. The van der Waals surface area contributed by atoms with Crippen molar-refractivity contribution in [2.75, 3.05) is 39.3 Å². The van der Waals surface area contributed by atoms with Gasteiger partial charge in [-0.2, -0.15) is 0 Å². The van der Waals surface area contributed by atoms with Crippen molar-refractivity contribution in [3.8, 4) is 0 Å². The predicted molar refractivity (Wildman–Crippen MR) is 94.3 cm³/mol. The summed E-state index contributed by atoms with van der Waals surface area (Å²) in [6, 6.07) is 0. The van der Waals surface area contributed by atoms with Crippen molar-refractivity contribution >= 4 is 29.9 Å². The number of nitrogens with zero attached hydrogens (tertiary/aromatic N) is 3. The molecule has 0 spiro atoms. The summed E-state index contributed by atoms with van der Waals surface area (Å²) in [5, 5.41) is 0. The molecule has 0 aromatic carbocycles. The molecule has 0 atom stereocenters. The van der Waals surface area contributed by atoms with E-state index in [-0.39, 0.29) is 24.0 Å². The van der Waals surface area contributed by atoms with Crippen LogP contribution in [0.3, 0.4) is 0 Å². The highest BCUT2D eigenvalue weighted by Crippen LogP contribution is 2.17. The molecule has 1 aliphatic heterocycles. The third-order valence-electron chi connectivity index (χ3n) is 3.85. The number of likely N-dealkylation sites (tertiary alicyclic amines) is 1. The molecule has 4 nitrogen and oxygen atoms in total. The second-order valence-corrected chi connectivity index (χ2v) is 5.16. The van der Waals surface area contributed by atoms with Crippen molar-refractivity contribution in [3.63, 3.8) is 0 Å². The molecule has 0 unspecified atom stereocenters. The summed E-state index contributed by atoms with van der Waals surface area (Å²) in [6.45, 7) is 13.0. The largest absolute Gasteiger partial charge is 0.370 e. The van der Waals surface area contributed by atoms with E-state index in [9.17, 15) is 0 Å². The first-order valence-electron chi connectivity index (χ1n) is 7.48. The van der Waals surface area contributed by atoms with Gasteiger partial charge in [0.15, 0.2) is 5.96 Å². The molecule has 114 valence electrons. The second-order valence-electron chi connectivity index (χ2n) is 5.16. The van der Waals surface area contributed by atoms with Crippen LogP contribution in [0, 0.1) is 5.92 Å². The molecule has 0 radical (unpaired) electrons. The van der Waals surface area contributed by atoms with Crippen molar-refractivity contribution in [1.82, 2.24) is 9.80 Å². The Kier molecular flexibility index (Phi) is 10.7. The van der Waals surface area contributed by atoms with Crippen LogP contribution in [0.2, 0.25) is 0 Å². The molecule has 0 saturated carbocycles. The van der Waals surface area contributed by atoms with E-state index in [0.29, 0.717) is 0 Å². The third-order valence-corrected chi connectivity index (χ3v) is 3.85. The van der Waals surface area contributed by atoms with Crippen molar-refractivity contribution in [3.05, 3.63) is 0 Å². The van der Waals surface area contributed by atoms with Crippen LogP contribution in [-0.4, -0.2) is 55.0 Å². The summed E-state index contributed by atoms with van der Waals surface area (Å²) in [7, 11) is 0. The van der Waals surface area contributed by atoms with E-state index in [1.54, 1.807) is 0 Å².